The summed E-state index contributed by atoms with van der Waals surface area (Å²) in [6, 6.07) is 0.251. The Morgan fingerprint density at radius 3 is 2.71 bits per heavy atom. The summed E-state index contributed by atoms with van der Waals surface area (Å²) >= 11 is 0. The van der Waals surface area contributed by atoms with Crippen LogP contribution in [0.2, 0.25) is 0 Å². The Labute approximate surface area is 89.5 Å². The van der Waals surface area contributed by atoms with Crippen LogP contribution in [0.15, 0.2) is 0 Å². The van der Waals surface area contributed by atoms with Crippen molar-refractivity contribution in [2.45, 2.75) is 26.3 Å². The second-order valence-electron chi connectivity index (χ2n) is 4.41. The van der Waals surface area contributed by atoms with Gasteiger partial charge in [-0.05, 0) is 18.9 Å². The minimum Gasteiger partial charge on any atom is -0.326 e. The molecule has 1 rings (SSSR count). The third-order valence-corrected chi connectivity index (χ3v) is 4.19. The van der Waals surface area contributed by atoms with Crippen LogP contribution in [0, 0.1) is 5.92 Å². The Hall–Kier alpha value is 0.0700. The van der Waals surface area contributed by atoms with E-state index < -0.39 is 10.8 Å². The first kappa shape index (κ1) is 12.1. The topological polar surface area (TPSA) is 46.3 Å². The molecule has 1 aliphatic rings. The molecule has 3 nitrogen and oxygen atoms in total. The van der Waals surface area contributed by atoms with Gasteiger partial charge >= 0.3 is 0 Å². The summed E-state index contributed by atoms with van der Waals surface area (Å²) in [7, 11) is -0.586. The molecular weight excluding hydrogens is 196 g/mol. The Morgan fingerprint density at radius 2 is 2.07 bits per heavy atom. The van der Waals surface area contributed by atoms with Gasteiger partial charge in [0.25, 0.3) is 0 Å². The molecular formula is C10H22N2OS. The Kier molecular flexibility index (Phi) is 5.06. The number of rotatable bonds is 3. The van der Waals surface area contributed by atoms with Gasteiger partial charge in [-0.3, -0.25) is 4.21 Å². The largest absolute Gasteiger partial charge is 0.326 e. The van der Waals surface area contributed by atoms with Crippen LogP contribution in [0.25, 0.3) is 0 Å². The maximum Gasteiger partial charge on any atom is 0.0362 e. The molecule has 4 heteroatoms. The lowest BCUT2D eigenvalue weighted by atomic mass is 10.1. The van der Waals surface area contributed by atoms with E-state index in [1.807, 2.05) is 0 Å². The highest BCUT2D eigenvalue weighted by Gasteiger charge is 2.16. The summed E-state index contributed by atoms with van der Waals surface area (Å²) in [6.07, 6.45) is 1.05. The summed E-state index contributed by atoms with van der Waals surface area (Å²) in [5, 5.41) is 0. The van der Waals surface area contributed by atoms with Gasteiger partial charge in [0, 0.05) is 41.4 Å². The molecule has 2 atom stereocenters. The van der Waals surface area contributed by atoms with Crippen molar-refractivity contribution in [3.63, 3.8) is 0 Å². The molecule has 14 heavy (non-hydrogen) atoms. The number of hydrogen-bond donors (Lipinski definition) is 1. The highest BCUT2D eigenvalue weighted by atomic mass is 32.2. The average molecular weight is 218 g/mol. The van der Waals surface area contributed by atoms with Crippen molar-refractivity contribution in [3.05, 3.63) is 0 Å². The quantitative estimate of drug-likeness (QED) is 0.747. The summed E-state index contributed by atoms with van der Waals surface area (Å²) in [5.74, 6) is 2.22. The molecule has 1 unspecified atom stereocenters. The fourth-order valence-corrected chi connectivity index (χ4v) is 2.70. The van der Waals surface area contributed by atoms with E-state index in [0.717, 1.165) is 37.6 Å². The maximum absolute atomic E-state index is 11.3. The van der Waals surface area contributed by atoms with Crippen LogP contribution in [0.4, 0.5) is 0 Å². The third kappa shape index (κ3) is 4.07. The second-order valence-corrected chi connectivity index (χ2v) is 6.11. The van der Waals surface area contributed by atoms with Crippen LogP contribution in [0.3, 0.4) is 0 Å². The predicted molar refractivity (Wildman–Crippen MR) is 61.7 cm³/mol. The van der Waals surface area contributed by atoms with Gasteiger partial charge in [0.2, 0.25) is 0 Å². The lowest BCUT2D eigenvalue weighted by Crippen LogP contribution is -2.41. The zero-order valence-electron chi connectivity index (χ0n) is 9.24. The van der Waals surface area contributed by atoms with Crippen molar-refractivity contribution < 1.29 is 4.21 Å². The van der Waals surface area contributed by atoms with Crippen molar-refractivity contribution in [2.24, 2.45) is 11.7 Å². The molecule has 0 amide bonds. The lowest BCUT2D eigenvalue weighted by molar-refractivity contribution is 0.254. The van der Waals surface area contributed by atoms with Crippen LogP contribution in [-0.4, -0.2) is 46.3 Å². The van der Waals surface area contributed by atoms with Gasteiger partial charge in [-0.2, -0.15) is 0 Å². The first-order valence-corrected chi connectivity index (χ1v) is 6.91. The summed E-state index contributed by atoms with van der Waals surface area (Å²) in [4.78, 5) is 2.36. The Morgan fingerprint density at radius 1 is 1.36 bits per heavy atom. The van der Waals surface area contributed by atoms with Crippen LogP contribution in [0.1, 0.15) is 20.3 Å². The van der Waals surface area contributed by atoms with E-state index in [2.05, 4.69) is 18.7 Å². The molecule has 84 valence electrons. The molecule has 1 aliphatic heterocycles. The van der Waals surface area contributed by atoms with E-state index >= 15 is 0 Å². The van der Waals surface area contributed by atoms with Crippen molar-refractivity contribution in [1.29, 1.82) is 0 Å². The van der Waals surface area contributed by atoms with Crippen LogP contribution in [0.5, 0.6) is 0 Å². The van der Waals surface area contributed by atoms with Gasteiger partial charge in [-0.1, -0.05) is 13.8 Å². The van der Waals surface area contributed by atoms with Gasteiger partial charge in [0.1, 0.15) is 0 Å². The molecule has 0 saturated carbocycles. The zero-order chi connectivity index (χ0) is 10.6. The SMILES string of the molecule is CC(C)[C@@H](N)CN1CCCS(=O)CC1. The van der Waals surface area contributed by atoms with Crippen LogP contribution in [-0.2, 0) is 10.8 Å². The molecule has 0 radical (unpaired) electrons. The van der Waals surface area contributed by atoms with Crippen molar-refractivity contribution in [2.75, 3.05) is 31.1 Å². The average Bonchev–Trinajstić information content (AvgIpc) is 2.31. The summed E-state index contributed by atoms with van der Waals surface area (Å²) in [5.41, 5.74) is 6.02. The molecule has 1 fully saturated rings. The minimum absolute atomic E-state index is 0.251. The molecule has 0 aromatic heterocycles. The van der Waals surface area contributed by atoms with Gasteiger partial charge in [-0.15, -0.1) is 0 Å². The van der Waals surface area contributed by atoms with E-state index in [1.165, 1.54) is 0 Å². The number of hydrogen-bond acceptors (Lipinski definition) is 3. The van der Waals surface area contributed by atoms with Crippen LogP contribution < -0.4 is 5.73 Å². The number of nitrogens with two attached hydrogens (primary N) is 1. The van der Waals surface area contributed by atoms with Gasteiger partial charge in [-0.25, -0.2) is 0 Å². The van der Waals surface area contributed by atoms with Gasteiger partial charge in [0.15, 0.2) is 0 Å². The predicted octanol–water partition coefficient (Wildman–Crippen LogP) is 0.424. The monoisotopic (exact) mass is 218 g/mol. The fourth-order valence-electron chi connectivity index (χ4n) is 1.59. The standard InChI is InChI=1S/C10H22N2OS/c1-9(2)10(11)8-12-4-3-6-14(13)7-5-12/h9-10H,3-8,11H2,1-2H3/t10-,14?/m0/s1. The van der Waals surface area contributed by atoms with E-state index in [9.17, 15) is 4.21 Å². The molecule has 0 aromatic carbocycles. The Bertz CT molecular complexity index is 197. The molecule has 1 heterocycles. The van der Waals surface area contributed by atoms with E-state index in [0.29, 0.717) is 5.92 Å². The lowest BCUT2D eigenvalue weighted by Gasteiger charge is -2.25. The minimum atomic E-state index is -0.586. The third-order valence-electron chi connectivity index (χ3n) is 2.81. The van der Waals surface area contributed by atoms with Crippen molar-refractivity contribution >= 4 is 10.8 Å². The van der Waals surface area contributed by atoms with E-state index in [4.69, 9.17) is 5.73 Å². The molecule has 0 aliphatic carbocycles. The van der Waals surface area contributed by atoms with Crippen molar-refractivity contribution in [3.8, 4) is 0 Å². The first-order chi connectivity index (χ1) is 6.59. The highest BCUT2D eigenvalue weighted by Crippen LogP contribution is 2.05. The Balaban J connectivity index is 2.33. The van der Waals surface area contributed by atoms with Gasteiger partial charge in [0.05, 0.1) is 0 Å². The summed E-state index contributed by atoms with van der Waals surface area (Å²) < 4.78 is 11.3. The maximum atomic E-state index is 11.3. The van der Waals surface area contributed by atoms with Gasteiger partial charge < -0.3 is 10.6 Å². The molecule has 0 aromatic rings. The van der Waals surface area contributed by atoms with E-state index in [-0.39, 0.29) is 6.04 Å². The highest BCUT2D eigenvalue weighted by molar-refractivity contribution is 7.85. The first-order valence-electron chi connectivity index (χ1n) is 5.42. The van der Waals surface area contributed by atoms with Crippen LogP contribution >= 0.6 is 0 Å². The molecule has 0 spiro atoms. The normalized spacial score (nSPS) is 27.6. The molecule has 0 bridgehead atoms. The fraction of sp³-hybridized carbons (Fsp3) is 1.00. The molecule has 2 N–H and O–H groups in total. The second kappa shape index (κ2) is 5.83. The zero-order valence-corrected chi connectivity index (χ0v) is 10.1. The van der Waals surface area contributed by atoms with E-state index in [1.54, 1.807) is 0 Å². The molecule has 1 saturated heterocycles. The summed E-state index contributed by atoms with van der Waals surface area (Å²) in [6.45, 7) is 7.27. The number of nitrogens with zero attached hydrogens (tertiary/aromatic N) is 1. The van der Waals surface area contributed by atoms with Crippen molar-refractivity contribution in [1.82, 2.24) is 4.90 Å². The smallest absolute Gasteiger partial charge is 0.0362 e.